The SMILES string of the molecule is CCOC(=O)C1(C(=O)OCC)Cc2cc([Si](C)(OCC)OCC)c3c(c2C1)CC(C(=O)OCC)(C(=O)OCC)C3. The third-order valence-corrected chi connectivity index (χ3v) is 10.8. The van der Waals surface area contributed by atoms with Crippen LogP contribution < -0.4 is 5.19 Å². The van der Waals surface area contributed by atoms with Crippen molar-refractivity contribution in [2.24, 2.45) is 10.8 Å². The molecule has 0 radical (unpaired) electrons. The van der Waals surface area contributed by atoms with Gasteiger partial charge in [0.05, 0.1) is 26.4 Å². The zero-order valence-corrected chi connectivity index (χ0v) is 25.7. The Balaban J connectivity index is 2.30. The Morgan fingerprint density at radius 2 is 0.975 bits per heavy atom. The maximum atomic E-state index is 13.5. The van der Waals surface area contributed by atoms with E-state index in [0.717, 1.165) is 27.4 Å². The molecule has 0 amide bonds. The highest BCUT2D eigenvalue weighted by Gasteiger charge is 2.59. The monoisotopic (exact) mass is 578 g/mol. The van der Waals surface area contributed by atoms with Crippen LogP contribution in [0.2, 0.25) is 6.55 Å². The van der Waals surface area contributed by atoms with E-state index in [0.29, 0.717) is 13.2 Å². The van der Waals surface area contributed by atoms with Crippen molar-refractivity contribution in [2.45, 2.75) is 73.8 Å². The minimum atomic E-state index is -3.06. The molecule has 0 atom stereocenters. The second kappa shape index (κ2) is 12.8. The van der Waals surface area contributed by atoms with Gasteiger partial charge < -0.3 is 27.8 Å². The molecule has 0 spiro atoms. The topological polar surface area (TPSA) is 124 Å². The molecule has 0 unspecified atom stereocenters. The summed E-state index contributed by atoms with van der Waals surface area (Å²) in [6, 6.07) is 1.93. The molecule has 0 saturated carbocycles. The van der Waals surface area contributed by atoms with Gasteiger partial charge in [-0.2, -0.15) is 0 Å². The molecule has 0 bridgehead atoms. The van der Waals surface area contributed by atoms with Gasteiger partial charge in [-0.3, -0.25) is 19.2 Å². The molecule has 1 aromatic rings. The van der Waals surface area contributed by atoms with E-state index in [1.165, 1.54) is 0 Å². The Labute approximate surface area is 237 Å². The molecule has 0 saturated heterocycles. The van der Waals surface area contributed by atoms with E-state index in [-0.39, 0.29) is 52.1 Å². The summed E-state index contributed by atoms with van der Waals surface area (Å²) < 4.78 is 34.1. The van der Waals surface area contributed by atoms with Crippen LogP contribution in [0.15, 0.2) is 6.07 Å². The Morgan fingerprint density at radius 3 is 1.38 bits per heavy atom. The fraction of sp³-hybridized carbons (Fsp3) is 0.655. The zero-order valence-electron chi connectivity index (χ0n) is 24.7. The maximum Gasteiger partial charge on any atom is 0.369 e. The number of benzene rings is 1. The first kappa shape index (κ1) is 31.8. The molecule has 3 rings (SSSR count). The molecule has 0 aliphatic heterocycles. The van der Waals surface area contributed by atoms with Crippen LogP contribution in [-0.2, 0) is 72.7 Å². The van der Waals surface area contributed by atoms with Gasteiger partial charge in [0.1, 0.15) is 0 Å². The van der Waals surface area contributed by atoms with Crippen LogP contribution in [-0.4, -0.2) is 72.1 Å². The molecular weight excluding hydrogens is 536 g/mol. The normalized spacial score (nSPS) is 16.6. The van der Waals surface area contributed by atoms with Crippen LogP contribution in [0.3, 0.4) is 0 Å². The van der Waals surface area contributed by atoms with Crippen LogP contribution in [0.4, 0.5) is 0 Å². The lowest BCUT2D eigenvalue weighted by atomic mass is 9.83. The van der Waals surface area contributed by atoms with Crippen molar-refractivity contribution in [3.63, 3.8) is 0 Å². The number of esters is 4. The summed E-state index contributed by atoms with van der Waals surface area (Å²) in [5.41, 5.74) is -0.224. The summed E-state index contributed by atoms with van der Waals surface area (Å²) in [5, 5.41) is 0.768. The first-order valence-corrected chi connectivity index (χ1v) is 16.5. The van der Waals surface area contributed by atoms with Crippen molar-refractivity contribution in [1.82, 2.24) is 0 Å². The van der Waals surface area contributed by atoms with Gasteiger partial charge in [0, 0.05) is 26.1 Å². The van der Waals surface area contributed by atoms with E-state index < -0.39 is 43.3 Å². The molecule has 10 nitrogen and oxygen atoms in total. The average molecular weight is 579 g/mol. The maximum absolute atomic E-state index is 13.5. The molecule has 0 heterocycles. The van der Waals surface area contributed by atoms with Gasteiger partial charge in [-0.1, -0.05) is 6.07 Å². The van der Waals surface area contributed by atoms with E-state index in [1.807, 2.05) is 26.5 Å². The summed E-state index contributed by atoms with van der Waals surface area (Å²) >= 11 is 0. The summed E-state index contributed by atoms with van der Waals surface area (Å²) in [4.78, 5) is 53.6. The van der Waals surface area contributed by atoms with Crippen molar-refractivity contribution in [1.29, 1.82) is 0 Å². The average Bonchev–Trinajstić information content (AvgIpc) is 3.50. The molecule has 2 aliphatic rings. The molecule has 2 aliphatic carbocycles. The Kier molecular flexibility index (Phi) is 10.2. The lowest BCUT2D eigenvalue weighted by Crippen LogP contribution is -2.53. The molecule has 222 valence electrons. The van der Waals surface area contributed by atoms with Gasteiger partial charge >= 0.3 is 32.4 Å². The molecule has 0 N–H and O–H groups in total. The third kappa shape index (κ3) is 5.43. The van der Waals surface area contributed by atoms with Gasteiger partial charge in [0.25, 0.3) is 0 Å². The standard InChI is InChI=1S/C29H42O10Si/c1-8-34-24(30)28(25(31)35-9-2)15-19-14-23(40(7,38-12-5)39-13-6)22-18-29(26(32)36-10-3,27(33)37-11-4)17-21(22)20(19)16-28/h14H,8-13,15-18H2,1-7H3. The fourth-order valence-electron chi connectivity index (χ4n) is 6.01. The molecule has 40 heavy (non-hydrogen) atoms. The number of carbonyl (C=O) groups is 4. The van der Waals surface area contributed by atoms with Crippen molar-refractivity contribution >= 4 is 37.6 Å². The molecule has 1 aromatic carbocycles. The first-order valence-electron chi connectivity index (χ1n) is 14.2. The molecule has 11 heteroatoms. The minimum absolute atomic E-state index is 0.0145. The largest absolute Gasteiger partial charge is 0.465 e. The van der Waals surface area contributed by atoms with Gasteiger partial charge in [-0.15, -0.1) is 0 Å². The van der Waals surface area contributed by atoms with E-state index in [9.17, 15) is 19.2 Å². The Hall–Kier alpha value is -2.76. The smallest absolute Gasteiger partial charge is 0.369 e. The molecular formula is C29H42O10Si. The van der Waals surface area contributed by atoms with Gasteiger partial charge in [-0.25, -0.2) is 0 Å². The van der Waals surface area contributed by atoms with E-state index >= 15 is 0 Å². The highest BCUT2D eigenvalue weighted by molar-refractivity contribution is 6.80. The predicted octanol–water partition coefficient (Wildman–Crippen LogP) is 2.46. The second-order valence-electron chi connectivity index (χ2n) is 10.1. The zero-order chi connectivity index (χ0) is 29.7. The fourth-order valence-corrected chi connectivity index (χ4v) is 8.73. The van der Waals surface area contributed by atoms with Gasteiger partial charge in [0.2, 0.25) is 0 Å². The summed E-state index contributed by atoms with van der Waals surface area (Å²) in [6.07, 6.45) is 0.151. The second-order valence-corrected chi connectivity index (χ2v) is 13.1. The van der Waals surface area contributed by atoms with Gasteiger partial charge in [0.15, 0.2) is 10.8 Å². The van der Waals surface area contributed by atoms with Crippen LogP contribution in [0.5, 0.6) is 0 Å². The molecule has 0 fully saturated rings. The van der Waals surface area contributed by atoms with E-state index in [4.69, 9.17) is 27.8 Å². The van der Waals surface area contributed by atoms with Crippen LogP contribution in [0.1, 0.15) is 63.8 Å². The number of hydrogen-bond donors (Lipinski definition) is 0. The van der Waals surface area contributed by atoms with Gasteiger partial charge in [-0.05, 0) is 88.4 Å². The van der Waals surface area contributed by atoms with Crippen LogP contribution >= 0.6 is 0 Å². The quantitative estimate of drug-likeness (QED) is 0.149. The number of hydrogen-bond acceptors (Lipinski definition) is 10. The number of fused-ring (bicyclic) bond motifs is 3. The van der Waals surface area contributed by atoms with Crippen molar-refractivity contribution in [3.8, 4) is 0 Å². The lowest BCUT2D eigenvalue weighted by molar-refractivity contribution is -0.173. The number of carbonyl (C=O) groups excluding carboxylic acids is 4. The third-order valence-electron chi connectivity index (χ3n) is 7.68. The Bertz CT molecular complexity index is 1100. The highest BCUT2D eigenvalue weighted by Crippen LogP contribution is 2.48. The lowest BCUT2D eigenvalue weighted by Gasteiger charge is -2.29. The van der Waals surface area contributed by atoms with Crippen molar-refractivity contribution < 1.29 is 47.0 Å². The van der Waals surface area contributed by atoms with Crippen molar-refractivity contribution in [3.05, 3.63) is 28.3 Å². The Morgan fingerprint density at radius 1 is 0.600 bits per heavy atom. The van der Waals surface area contributed by atoms with Crippen LogP contribution in [0.25, 0.3) is 0 Å². The predicted molar refractivity (Wildman–Crippen MR) is 147 cm³/mol. The van der Waals surface area contributed by atoms with Crippen LogP contribution in [0, 0.1) is 10.8 Å². The van der Waals surface area contributed by atoms with Crippen molar-refractivity contribution in [2.75, 3.05) is 39.6 Å². The summed E-state index contributed by atoms with van der Waals surface area (Å²) in [6.45, 7) is 13.6. The minimum Gasteiger partial charge on any atom is -0.465 e. The van der Waals surface area contributed by atoms with E-state index in [1.54, 1.807) is 27.7 Å². The molecule has 0 aromatic heterocycles. The summed E-state index contributed by atoms with van der Waals surface area (Å²) in [5.74, 6) is -2.65. The highest BCUT2D eigenvalue weighted by atomic mass is 28.4. The number of rotatable bonds is 13. The first-order chi connectivity index (χ1) is 19.0. The summed E-state index contributed by atoms with van der Waals surface area (Å²) in [7, 11) is -3.06. The number of ether oxygens (including phenoxy) is 4. The van der Waals surface area contributed by atoms with E-state index in [2.05, 4.69) is 0 Å².